The Balaban J connectivity index is 1.57. The van der Waals surface area contributed by atoms with E-state index in [4.69, 9.17) is 4.74 Å². The van der Waals surface area contributed by atoms with Gasteiger partial charge in [-0.2, -0.15) is 0 Å². The van der Waals surface area contributed by atoms with E-state index in [1.807, 2.05) is 17.5 Å². The summed E-state index contributed by atoms with van der Waals surface area (Å²) >= 11 is 3.41. The SMILES string of the molecule is Cc1ccsc1CNCC(O)COCc1cccs1. The molecular formula is C14H19NO2S2. The Morgan fingerprint density at radius 2 is 2.21 bits per heavy atom. The number of ether oxygens (including phenoxy) is 1. The van der Waals surface area contributed by atoms with Gasteiger partial charge in [0.2, 0.25) is 0 Å². The van der Waals surface area contributed by atoms with Gasteiger partial charge in [-0.15, -0.1) is 22.7 Å². The van der Waals surface area contributed by atoms with Crippen LogP contribution in [0.25, 0.3) is 0 Å². The van der Waals surface area contributed by atoms with Gasteiger partial charge in [-0.25, -0.2) is 0 Å². The van der Waals surface area contributed by atoms with Crippen LogP contribution in [0.3, 0.4) is 0 Å². The fraction of sp³-hybridized carbons (Fsp3) is 0.429. The average molecular weight is 297 g/mol. The smallest absolute Gasteiger partial charge is 0.0897 e. The van der Waals surface area contributed by atoms with E-state index in [1.165, 1.54) is 15.3 Å². The van der Waals surface area contributed by atoms with E-state index >= 15 is 0 Å². The highest BCUT2D eigenvalue weighted by Crippen LogP contribution is 2.14. The predicted molar refractivity (Wildman–Crippen MR) is 80.7 cm³/mol. The predicted octanol–water partition coefficient (Wildman–Crippen LogP) is 2.79. The molecule has 0 spiro atoms. The largest absolute Gasteiger partial charge is 0.389 e. The molecule has 2 rings (SSSR count). The van der Waals surface area contributed by atoms with Crippen LogP contribution < -0.4 is 5.32 Å². The maximum absolute atomic E-state index is 9.80. The first-order chi connectivity index (χ1) is 9.25. The van der Waals surface area contributed by atoms with Gasteiger partial charge in [0.1, 0.15) is 0 Å². The Bertz CT molecular complexity index is 468. The van der Waals surface area contributed by atoms with Gasteiger partial charge < -0.3 is 15.2 Å². The monoisotopic (exact) mass is 297 g/mol. The van der Waals surface area contributed by atoms with Gasteiger partial charge >= 0.3 is 0 Å². The van der Waals surface area contributed by atoms with E-state index in [2.05, 4.69) is 23.7 Å². The van der Waals surface area contributed by atoms with Gasteiger partial charge in [-0.3, -0.25) is 0 Å². The summed E-state index contributed by atoms with van der Waals surface area (Å²) in [7, 11) is 0. The van der Waals surface area contributed by atoms with Gasteiger partial charge in [0.15, 0.2) is 0 Å². The van der Waals surface area contributed by atoms with Gasteiger partial charge in [0.05, 0.1) is 19.3 Å². The highest BCUT2D eigenvalue weighted by molar-refractivity contribution is 7.10. The van der Waals surface area contributed by atoms with Crippen molar-refractivity contribution in [3.63, 3.8) is 0 Å². The molecule has 19 heavy (non-hydrogen) atoms. The van der Waals surface area contributed by atoms with E-state index in [9.17, 15) is 5.11 Å². The maximum atomic E-state index is 9.80. The van der Waals surface area contributed by atoms with Crippen LogP contribution >= 0.6 is 22.7 Å². The second-order valence-corrected chi connectivity index (χ2v) is 6.44. The molecule has 3 nitrogen and oxygen atoms in total. The van der Waals surface area contributed by atoms with E-state index in [-0.39, 0.29) is 0 Å². The summed E-state index contributed by atoms with van der Waals surface area (Å²) in [6, 6.07) is 6.15. The van der Waals surface area contributed by atoms with Crippen LogP contribution in [-0.4, -0.2) is 24.4 Å². The van der Waals surface area contributed by atoms with Gasteiger partial charge in [0.25, 0.3) is 0 Å². The Hall–Kier alpha value is -0.720. The molecule has 0 aliphatic heterocycles. The van der Waals surface area contributed by atoms with E-state index in [1.54, 1.807) is 22.7 Å². The molecule has 0 aliphatic rings. The van der Waals surface area contributed by atoms with Crippen molar-refractivity contribution in [2.75, 3.05) is 13.2 Å². The van der Waals surface area contributed by atoms with E-state index < -0.39 is 6.10 Å². The van der Waals surface area contributed by atoms with Crippen molar-refractivity contribution < 1.29 is 9.84 Å². The van der Waals surface area contributed by atoms with Crippen LogP contribution in [0.1, 0.15) is 15.3 Å². The molecular weight excluding hydrogens is 278 g/mol. The molecule has 2 aromatic heterocycles. The van der Waals surface area contributed by atoms with Crippen LogP contribution in [0.15, 0.2) is 29.0 Å². The summed E-state index contributed by atoms with van der Waals surface area (Å²) < 4.78 is 5.47. The first kappa shape index (κ1) is 14.7. The molecule has 0 aliphatic carbocycles. The number of aryl methyl sites for hydroxylation is 1. The van der Waals surface area contributed by atoms with Crippen molar-refractivity contribution in [2.24, 2.45) is 0 Å². The Kier molecular flexibility index (Phi) is 6.00. The molecule has 0 aromatic carbocycles. The number of aliphatic hydroxyl groups is 1. The molecule has 104 valence electrons. The maximum Gasteiger partial charge on any atom is 0.0897 e. The summed E-state index contributed by atoms with van der Waals surface area (Å²) in [4.78, 5) is 2.51. The average Bonchev–Trinajstić information content (AvgIpc) is 3.02. The normalized spacial score (nSPS) is 12.7. The fourth-order valence-corrected chi connectivity index (χ4v) is 3.20. The highest BCUT2D eigenvalue weighted by atomic mass is 32.1. The number of rotatable bonds is 8. The van der Waals surface area contributed by atoms with Crippen molar-refractivity contribution in [3.05, 3.63) is 44.3 Å². The summed E-state index contributed by atoms with van der Waals surface area (Å²) in [5.74, 6) is 0. The van der Waals surface area contributed by atoms with Gasteiger partial charge in [0, 0.05) is 22.8 Å². The fourth-order valence-electron chi connectivity index (χ4n) is 1.69. The molecule has 5 heteroatoms. The van der Waals surface area contributed by atoms with Crippen molar-refractivity contribution >= 4 is 22.7 Å². The molecule has 1 unspecified atom stereocenters. The zero-order valence-electron chi connectivity index (χ0n) is 11.0. The molecule has 2 heterocycles. The molecule has 0 bridgehead atoms. The van der Waals surface area contributed by atoms with Crippen LogP contribution in [-0.2, 0) is 17.9 Å². The lowest BCUT2D eigenvalue weighted by Gasteiger charge is -2.12. The molecule has 0 saturated carbocycles. The first-order valence-electron chi connectivity index (χ1n) is 6.27. The Morgan fingerprint density at radius 3 is 2.89 bits per heavy atom. The summed E-state index contributed by atoms with van der Waals surface area (Å²) in [6.45, 7) is 4.43. The lowest BCUT2D eigenvalue weighted by molar-refractivity contribution is 0.0297. The standard InChI is InChI=1S/C14H19NO2S2/c1-11-4-6-19-14(11)8-15-7-12(16)9-17-10-13-3-2-5-18-13/h2-6,12,15-16H,7-10H2,1H3. The molecule has 2 aromatic rings. The third-order valence-corrected chi connectivity index (χ3v) is 4.64. The van der Waals surface area contributed by atoms with Crippen LogP contribution in [0.5, 0.6) is 0 Å². The topological polar surface area (TPSA) is 41.5 Å². The summed E-state index contributed by atoms with van der Waals surface area (Å²) in [5, 5.41) is 17.2. The molecule has 1 atom stereocenters. The Labute approximate surface area is 121 Å². The van der Waals surface area contributed by atoms with Crippen LogP contribution in [0.4, 0.5) is 0 Å². The zero-order chi connectivity index (χ0) is 13.5. The lowest BCUT2D eigenvalue weighted by Crippen LogP contribution is -2.29. The van der Waals surface area contributed by atoms with Crippen LogP contribution in [0, 0.1) is 6.92 Å². The third-order valence-electron chi connectivity index (χ3n) is 2.77. The van der Waals surface area contributed by atoms with E-state index in [0.29, 0.717) is 19.8 Å². The van der Waals surface area contributed by atoms with Crippen molar-refractivity contribution in [1.82, 2.24) is 5.32 Å². The Morgan fingerprint density at radius 1 is 1.32 bits per heavy atom. The van der Waals surface area contributed by atoms with Crippen molar-refractivity contribution in [2.45, 2.75) is 26.2 Å². The molecule has 0 fully saturated rings. The first-order valence-corrected chi connectivity index (χ1v) is 8.03. The number of hydrogen-bond acceptors (Lipinski definition) is 5. The quantitative estimate of drug-likeness (QED) is 0.787. The van der Waals surface area contributed by atoms with Crippen LogP contribution in [0.2, 0.25) is 0 Å². The number of thiophene rings is 2. The minimum atomic E-state index is -0.458. The molecule has 0 radical (unpaired) electrons. The summed E-state index contributed by atoms with van der Waals surface area (Å²) in [6.07, 6.45) is -0.458. The molecule has 0 saturated heterocycles. The second kappa shape index (κ2) is 7.77. The number of hydrogen-bond donors (Lipinski definition) is 2. The van der Waals surface area contributed by atoms with Gasteiger partial charge in [-0.05, 0) is 35.4 Å². The summed E-state index contributed by atoms with van der Waals surface area (Å²) in [5.41, 5.74) is 1.31. The number of nitrogens with one attached hydrogen (secondary N) is 1. The lowest BCUT2D eigenvalue weighted by atomic mass is 10.3. The molecule has 0 amide bonds. The second-order valence-electron chi connectivity index (χ2n) is 4.41. The van der Waals surface area contributed by atoms with Crippen molar-refractivity contribution in [3.8, 4) is 0 Å². The van der Waals surface area contributed by atoms with Gasteiger partial charge in [-0.1, -0.05) is 6.07 Å². The minimum absolute atomic E-state index is 0.369. The minimum Gasteiger partial charge on any atom is -0.389 e. The van der Waals surface area contributed by atoms with Crippen molar-refractivity contribution in [1.29, 1.82) is 0 Å². The molecule has 2 N–H and O–H groups in total. The number of aliphatic hydroxyl groups excluding tert-OH is 1. The third kappa shape index (κ3) is 5.04. The highest BCUT2D eigenvalue weighted by Gasteiger charge is 2.05. The zero-order valence-corrected chi connectivity index (χ0v) is 12.6. The van der Waals surface area contributed by atoms with E-state index in [0.717, 1.165) is 6.54 Å².